The first kappa shape index (κ1) is 21.0. The Morgan fingerprint density at radius 3 is 2.58 bits per heavy atom. The number of carbonyl (C=O) groups excluding carboxylic acids is 1. The van der Waals surface area contributed by atoms with E-state index in [1.807, 2.05) is 0 Å². The van der Waals surface area contributed by atoms with E-state index < -0.39 is 17.4 Å². The second kappa shape index (κ2) is 8.49. The third-order valence-electron chi connectivity index (χ3n) is 4.67. The van der Waals surface area contributed by atoms with E-state index >= 15 is 0 Å². The molecular formula is C23H17Cl2NO5. The molecule has 0 aliphatic carbocycles. The molecule has 8 heteroatoms. The highest BCUT2D eigenvalue weighted by molar-refractivity contribution is 6.33. The van der Waals surface area contributed by atoms with E-state index in [9.17, 15) is 9.59 Å². The van der Waals surface area contributed by atoms with Crippen LogP contribution in [0.4, 0.5) is 5.69 Å². The quantitative estimate of drug-likeness (QED) is 0.392. The average Bonchev–Trinajstić information content (AvgIpc) is 3.27. The first-order valence-corrected chi connectivity index (χ1v) is 10.1. The molecular weight excluding hydrogens is 441 g/mol. The topological polar surface area (TPSA) is 81.7 Å². The molecule has 0 aliphatic rings. The second-order valence-electron chi connectivity index (χ2n) is 6.89. The van der Waals surface area contributed by atoms with Gasteiger partial charge < -0.3 is 18.9 Å². The number of aryl methyl sites for hydroxylation is 1. The Hall–Kier alpha value is -3.22. The zero-order valence-corrected chi connectivity index (χ0v) is 18.1. The smallest absolute Gasteiger partial charge is 0.265 e. The number of para-hydroxylation sites is 1. The van der Waals surface area contributed by atoms with Gasteiger partial charge in [-0.15, -0.1) is 0 Å². The minimum atomic E-state index is -1.04. The number of hydrogen-bond donors (Lipinski definition) is 1. The number of nitrogens with one attached hydrogen (secondary N) is 1. The van der Waals surface area contributed by atoms with Crippen LogP contribution in [-0.2, 0) is 4.79 Å². The summed E-state index contributed by atoms with van der Waals surface area (Å²) in [7, 11) is 0. The summed E-state index contributed by atoms with van der Waals surface area (Å²) in [5.41, 5.74) is 1.05. The third-order valence-corrected chi connectivity index (χ3v) is 5.41. The van der Waals surface area contributed by atoms with E-state index in [0.717, 1.165) is 5.56 Å². The van der Waals surface area contributed by atoms with Crippen LogP contribution in [0, 0.1) is 6.92 Å². The van der Waals surface area contributed by atoms with Gasteiger partial charge in [-0.2, -0.15) is 0 Å². The second-order valence-corrected chi connectivity index (χ2v) is 7.71. The molecule has 0 fully saturated rings. The summed E-state index contributed by atoms with van der Waals surface area (Å²) in [4.78, 5) is 25.9. The molecule has 2 aromatic heterocycles. The van der Waals surface area contributed by atoms with Crippen molar-refractivity contribution in [3.8, 4) is 17.3 Å². The summed E-state index contributed by atoms with van der Waals surface area (Å²) in [5, 5.41) is 3.72. The van der Waals surface area contributed by atoms with Crippen LogP contribution < -0.4 is 15.5 Å². The Bertz CT molecular complexity index is 1330. The van der Waals surface area contributed by atoms with Crippen LogP contribution >= 0.6 is 23.2 Å². The Morgan fingerprint density at radius 2 is 1.87 bits per heavy atom. The number of hydrogen-bond acceptors (Lipinski definition) is 5. The highest BCUT2D eigenvalue weighted by atomic mass is 35.5. The minimum absolute atomic E-state index is 0.0848. The summed E-state index contributed by atoms with van der Waals surface area (Å²) in [6.45, 7) is 3.32. The normalized spacial score (nSPS) is 12.0. The molecule has 2 heterocycles. The van der Waals surface area contributed by atoms with Gasteiger partial charge in [0.2, 0.25) is 16.9 Å². The van der Waals surface area contributed by atoms with E-state index in [0.29, 0.717) is 27.1 Å². The largest absolute Gasteiger partial charge is 0.473 e. The Balaban J connectivity index is 1.75. The van der Waals surface area contributed by atoms with Gasteiger partial charge in [-0.1, -0.05) is 35.3 Å². The lowest BCUT2D eigenvalue weighted by Gasteiger charge is -2.17. The Morgan fingerprint density at radius 1 is 1.10 bits per heavy atom. The standard InChI is InChI=1S/C23H17Cl2NO5/c1-12-10-19-14(11-16(12)25)20(27)22(21(31-19)18-8-5-9-29-18)30-13(2)23(28)26-17-7-4-3-6-15(17)24/h3-11,13H,1-2H3,(H,26,28). The van der Waals surface area contributed by atoms with Gasteiger partial charge in [-0.3, -0.25) is 9.59 Å². The van der Waals surface area contributed by atoms with Crippen LogP contribution in [-0.4, -0.2) is 12.0 Å². The number of halogens is 2. The van der Waals surface area contributed by atoms with Crippen molar-refractivity contribution in [3.05, 3.63) is 80.6 Å². The van der Waals surface area contributed by atoms with Crippen molar-refractivity contribution in [2.75, 3.05) is 5.32 Å². The van der Waals surface area contributed by atoms with Crippen LogP contribution in [0.2, 0.25) is 10.0 Å². The number of carbonyl (C=O) groups is 1. The maximum Gasteiger partial charge on any atom is 0.265 e. The SMILES string of the molecule is Cc1cc2oc(-c3ccco3)c(OC(C)C(=O)Nc3ccccc3Cl)c(=O)c2cc1Cl. The molecule has 1 atom stereocenters. The van der Waals surface area contributed by atoms with Crippen molar-refractivity contribution < 1.29 is 18.4 Å². The molecule has 1 N–H and O–H groups in total. The molecule has 158 valence electrons. The summed E-state index contributed by atoms with van der Waals surface area (Å²) in [5.74, 6) is -0.258. The van der Waals surface area contributed by atoms with Gasteiger partial charge in [0, 0.05) is 5.02 Å². The summed E-state index contributed by atoms with van der Waals surface area (Å²) >= 11 is 12.3. The van der Waals surface area contributed by atoms with Crippen molar-refractivity contribution in [1.29, 1.82) is 0 Å². The molecule has 2 aromatic carbocycles. The van der Waals surface area contributed by atoms with E-state index in [4.69, 9.17) is 36.8 Å². The van der Waals surface area contributed by atoms with Gasteiger partial charge in [0.05, 0.1) is 22.4 Å². The molecule has 4 aromatic rings. The first-order chi connectivity index (χ1) is 14.8. The van der Waals surface area contributed by atoms with E-state index in [1.165, 1.54) is 19.3 Å². The molecule has 1 amide bonds. The average molecular weight is 458 g/mol. The monoisotopic (exact) mass is 457 g/mol. The lowest BCUT2D eigenvalue weighted by atomic mass is 10.1. The predicted octanol–water partition coefficient (Wildman–Crippen LogP) is 6.07. The summed E-state index contributed by atoms with van der Waals surface area (Å²) in [6.07, 6.45) is 0.412. The van der Waals surface area contributed by atoms with Crippen LogP contribution in [0.1, 0.15) is 12.5 Å². The van der Waals surface area contributed by atoms with Crippen molar-refractivity contribution in [1.82, 2.24) is 0 Å². The molecule has 0 radical (unpaired) electrons. The fourth-order valence-corrected chi connectivity index (χ4v) is 3.35. The maximum atomic E-state index is 13.2. The molecule has 0 spiro atoms. The van der Waals surface area contributed by atoms with E-state index in [2.05, 4.69) is 5.32 Å². The molecule has 1 unspecified atom stereocenters. The lowest BCUT2D eigenvalue weighted by Crippen LogP contribution is -2.32. The van der Waals surface area contributed by atoms with Gasteiger partial charge in [-0.05, 0) is 55.8 Å². The number of fused-ring (bicyclic) bond motifs is 1. The van der Waals surface area contributed by atoms with Crippen molar-refractivity contribution in [2.45, 2.75) is 20.0 Å². The number of anilines is 1. The predicted molar refractivity (Wildman–Crippen MR) is 120 cm³/mol. The van der Waals surface area contributed by atoms with Crippen molar-refractivity contribution in [3.63, 3.8) is 0 Å². The summed E-state index contributed by atoms with van der Waals surface area (Å²) in [6, 6.07) is 13.3. The fraction of sp³-hybridized carbons (Fsp3) is 0.130. The van der Waals surface area contributed by atoms with Crippen LogP contribution in [0.25, 0.3) is 22.5 Å². The molecule has 4 rings (SSSR count). The van der Waals surface area contributed by atoms with Gasteiger partial charge in [0.25, 0.3) is 5.91 Å². The van der Waals surface area contributed by atoms with Crippen LogP contribution in [0.5, 0.6) is 5.75 Å². The van der Waals surface area contributed by atoms with Gasteiger partial charge >= 0.3 is 0 Å². The number of rotatable bonds is 5. The molecule has 31 heavy (non-hydrogen) atoms. The van der Waals surface area contributed by atoms with Crippen LogP contribution in [0.15, 0.2) is 68.4 Å². The van der Waals surface area contributed by atoms with E-state index in [1.54, 1.807) is 49.4 Å². The fourth-order valence-electron chi connectivity index (χ4n) is 3.00. The number of ether oxygens (including phenoxy) is 1. The Labute approximate surface area is 187 Å². The molecule has 0 bridgehead atoms. The van der Waals surface area contributed by atoms with Crippen molar-refractivity contribution in [2.24, 2.45) is 0 Å². The van der Waals surface area contributed by atoms with Gasteiger partial charge in [0.1, 0.15) is 5.58 Å². The summed E-state index contributed by atoms with van der Waals surface area (Å²) < 4.78 is 17.1. The number of furan rings is 1. The molecule has 6 nitrogen and oxygen atoms in total. The van der Waals surface area contributed by atoms with Gasteiger partial charge in [0.15, 0.2) is 11.9 Å². The number of amides is 1. The molecule has 0 saturated carbocycles. The van der Waals surface area contributed by atoms with Crippen molar-refractivity contribution >= 4 is 45.8 Å². The maximum absolute atomic E-state index is 13.2. The van der Waals surface area contributed by atoms with Crippen LogP contribution in [0.3, 0.4) is 0 Å². The van der Waals surface area contributed by atoms with Gasteiger partial charge in [-0.25, -0.2) is 0 Å². The highest BCUT2D eigenvalue weighted by Gasteiger charge is 2.25. The minimum Gasteiger partial charge on any atom is -0.473 e. The molecule has 0 saturated heterocycles. The molecule has 0 aliphatic heterocycles. The Kier molecular flexibility index (Phi) is 5.76. The highest BCUT2D eigenvalue weighted by Crippen LogP contribution is 2.33. The first-order valence-electron chi connectivity index (χ1n) is 9.38. The number of benzene rings is 2. The third kappa shape index (κ3) is 4.17. The zero-order valence-electron chi connectivity index (χ0n) is 16.6. The zero-order chi connectivity index (χ0) is 22.1. The van der Waals surface area contributed by atoms with E-state index in [-0.39, 0.29) is 16.9 Å². The lowest BCUT2D eigenvalue weighted by molar-refractivity contribution is -0.122.